The average molecular weight is 283 g/mol. The van der Waals surface area contributed by atoms with Crippen LogP contribution >= 0.6 is 0 Å². The van der Waals surface area contributed by atoms with E-state index in [1.54, 1.807) is 11.9 Å². The highest BCUT2D eigenvalue weighted by Crippen LogP contribution is 2.04. The summed E-state index contributed by atoms with van der Waals surface area (Å²) in [5.74, 6) is -0.0736. The number of rotatable bonds is 3. The molecule has 2 saturated heterocycles. The molecule has 1 unspecified atom stereocenters. The van der Waals surface area contributed by atoms with Gasteiger partial charge in [0.05, 0.1) is 13.1 Å². The summed E-state index contributed by atoms with van der Waals surface area (Å²) in [6.07, 6.45) is 0. The third kappa shape index (κ3) is 3.67. The molecule has 0 aromatic heterocycles. The van der Waals surface area contributed by atoms with Crippen molar-refractivity contribution in [3.63, 3.8) is 0 Å². The smallest absolute Gasteiger partial charge is 0.241 e. The fourth-order valence-corrected chi connectivity index (χ4v) is 2.37. The van der Waals surface area contributed by atoms with Crippen LogP contribution in [0, 0.1) is 0 Å². The van der Waals surface area contributed by atoms with Crippen molar-refractivity contribution in [1.29, 1.82) is 0 Å². The second-order valence-corrected chi connectivity index (χ2v) is 5.01. The highest BCUT2D eigenvalue weighted by atomic mass is 16.2. The van der Waals surface area contributed by atoms with E-state index in [1.165, 1.54) is 0 Å². The lowest BCUT2D eigenvalue weighted by molar-refractivity contribution is -0.136. The standard InChI is InChI=1S/C12H21N5O3/c1-13-11(19)8-16-2-4-17(5-3-16)12(20)9-6-15-10(18)7-14-9/h9,14H,2-8H2,1H3,(H,13,19)(H,15,18). The van der Waals surface area contributed by atoms with Gasteiger partial charge in [-0.15, -0.1) is 0 Å². The third-order valence-corrected chi connectivity index (χ3v) is 3.64. The molecule has 112 valence electrons. The number of nitrogens with one attached hydrogen (secondary N) is 3. The molecular formula is C12H21N5O3. The zero-order valence-corrected chi connectivity index (χ0v) is 11.6. The Balaban J connectivity index is 1.77. The number of piperazine rings is 2. The Bertz CT molecular complexity index is 383. The third-order valence-electron chi connectivity index (χ3n) is 3.64. The Kier molecular flexibility index (Phi) is 4.91. The van der Waals surface area contributed by atoms with Gasteiger partial charge in [-0.2, -0.15) is 0 Å². The Morgan fingerprint density at radius 2 is 2.00 bits per heavy atom. The van der Waals surface area contributed by atoms with Crippen molar-refractivity contribution >= 4 is 17.7 Å². The quantitative estimate of drug-likeness (QED) is 0.512. The van der Waals surface area contributed by atoms with Gasteiger partial charge in [0.2, 0.25) is 17.7 Å². The lowest BCUT2D eigenvalue weighted by Gasteiger charge is -2.36. The minimum absolute atomic E-state index is 0.0126. The number of amides is 3. The first-order valence-corrected chi connectivity index (χ1v) is 6.82. The molecule has 0 aliphatic carbocycles. The molecule has 0 aromatic carbocycles. The summed E-state index contributed by atoms with van der Waals surface area (Å²) in [4.78, 5) is 38.4. The van der Waals surface area contributed by atoms with Crippen LogP contribution in [0.15, 0.2) is 0 Å². The first-order chi connectivity index (χ1) is 9.60. The number of carbonyl (C=O) groups is 3. The van der Waals surface area contributed by atoms with E-state index in [0.717, 1.165) is 0 Å². The molecule has 2 rings (SSSR count). The van der Waals surface area contributed by atoms with E-state index in [9.17, 15) is 14.4 Å². The molecule has 0 spiro atoms. The fraction of sp³-hybridized carbons (Fsp3) is 0.750. The molecule has 8 nitrogen and oxygen atoms in total. The molecule has 0 aromatic rings. The molecule has 20 heavy (non-hydrogen) atoms. The van der Waals surface area contributed by atoms with E-state index in [2.05, 4.69) is 16.0 Å². The van der Waals surface area contributed by atoms with Gasteiger partial charge in [0.15, 0.2) is 0 Å². The zero-order chi connectivity index (χ0) is 14.5. The van der Waals surface area contributed by atoms with E-state index < -0.39 is 0 Å². The predicted octanol–water partition coefficient (Wildman–Crippen LogP) is -3.04. The largest absolute Gasteiger partial charge is 0.358 e. The maximum Gasteiger partial charge on any atom is 0.241 e. The van der Waals surface area contributed by atoms with Gasteiger partial charge in [-0.1, -0.05) is 0 Å². The van der Waals surface area contributed by atoms with Gasteiger partial charge in [0.25, 0.3) is 0 Å². The van der Waals surface area contributed by atoms with Crippen LogP contribution in [0.5, 0.6) is 0 Å². The van der Waals surface area contributed by atoms with Gasteiger partial charge < -0.3 is 15.5 Å². The molecule has 2 aliphatic heterocycles. The molecule has 0 saturated carbocycles. The molecule has 0 bridgehead atoms. The first kappa shape index (κ1) is 14.7. The molecule has 2 aliphatic rings. The van der Waals surface area contributed by atoms with E-state index >= 15 is 0 Å². The number of hydrogen-bond acceptors (Lipinski definition) is 5. The lowest BCUT2D eigenvalue weighted by Crippen LogP contribution is -2.61. The summed E-state index contributed by atoms with van der Waals surface area (Å²) in [5, 5.41) is 8.21. The highest BCUT2D eigenvalue weighted by molar-refractivity contribution is 5.87. The zero-order valence-electron chi connectivity index (χ0n) is 11.6. The minimum Gasteiger partial charge on any atom is -0.358 e. The molecule has 2 heterocycles. The number of nitrogens with zero attached hydrogens (tertiary/aromatic N) is 2. The van der Waals surface area contributed by atoms with Crippen molar-refractivity contribution in [3.05, 3.63) is 0 Å². The Hall–Kier alpha value is -1.67. The Morgan fingerprint density at radius 3 is 2.55 bits per heavy atom. The van der Waals surface area contributed by atoms with Crippen LogP contribution < -0.4 is 16.0 Å². The van der Waals surface area contributed by atoms with Gasteiger partial charge in [-0.05, 0) is 0 Å². The molecule has 3 N–H and O–H groups in total. The maximum absolute atomic E-state index is 12.3. The second kappa shape index (κ2) is 6.67. The minimum atomic E-state index is -0.335. The summed E-state index contributed by atoms with van der Waals surface area (Å²) >= 11 is 0. The fourth-order valence-electron chi connectivity index (χ4n) is 2.37. The number of likely N-dealkylation sites (N-methyl/N-ethyl adjacent to an activating group) is 1. The van der Waals surface area contributed by atoms with Crippen molar-refractivity contribution in [2.75, 3.05) is 52.9 Å². The summed E-state index contributed by atoms with van der Waals surface area (Å²) in [5.41, 5.74) is 0. The monoisotopic (exact) mass is 283 g/mol. The summed E-state index contributed by atoms with van der Waals surface area (Å²) in [7, 11) is 1.62. The van der Waals surface area contributed by atoms with Crippen molar-refractivity contribution in [2.24, 2.45) is 0 Å². The van der Waals surface area contributed by atoms with E-state index in [0.29, 0.717) is 39.3 Å². The van der Waals surface area contributed by atoms with Gasteiger partial charge in [-0.3, -0.25) is 24.6 Å². The Morgan fingerprint density at radius 1 is 1.30 bits per heavy atom. The summed E-state index contributed by atoms with van der Waals surface area (Å²) in [6, 6.07) is -0.335. The first-order valence-electron chi connectivity index (χ1n) is 6.82. The van der Waals surface area contributed by atoms with Crippen LogP contribution in [-0.2, 0) is 14.4 Å². The maximum atomic E-state index is 12.3. The second-order valence-electron chi connectivity index (χ2n) is 5.01. The van der Waals surface area contributed by atoms with Crippen LogP contribution in [0.3, 0.4) is 0 Å². The van der Waals surface area contributed by atoms with Crippen molar-refractivity contribution in [1.82, 2.24) is 25.8 Å². The van der Waals surface area contributed by atoms with Crippen LogP contribution in [0.2, 0.25) is 0 Å². The molecule has 2 fully saturated rings. The van der Waals surface area contributed by atoms with Crippen molar-refractivity contribution in [2.45, 2.75) is 6.04 Å². The topological polar surface area (TPSA) is 93.8 Å². The molecular weight excluding hydrogens is 262 g/mol. The molecule has 1 atom stereocenters. The SMILES string of the molecule is CNC(=O)CN1CCN(C(=O)C2CNC(=O)CN2)CC1. The highest BCUT2D eigenvalue weighted by Gasteiger charge is 2.30. The van der Waals surface area contributed by atoms with Gasteiger partial charge in [-0.25, -0.2) is 0 Å². The normalized spacial score (nSPS) is 24.1. The van der Waals surface area contributed by atoms with Crippen LogP contribution in [0.1, 0.15) is 0 Å². The summed E-state index contributed by atoms with van der Waals surface area (Å²) < 4.78 is 0. The number of carbonyl (C=O) groups excluding carboxylic acids is 3. The molecule has 0 radical (unpaired) electrons. The predicted molar refractivity (Wildman–Crippen MR) is 71.9 cm³/mol. The number of hydrogen-bond donors (Lipinski definition) is 3. The van der Waals surface area contributed by atoms with E-state index in [-0.39, 0.29) is 30.3 Å². The van der Waals surface area contributed by atoms with Crippen LogP contribution in [0.25, 0.3) is 0 Å². The van der Waals surface area contributed by atoms with Crippen molar-refractivity contribution in [3.8, 4) is 0 Å². The van der Waals surface area contributed by atoms with Gasteiger partial charge in [0.1, 0.15) is 6.04 Å². The van der Waals surface area contributed by atoms with Gasteiger partial charge >= 0.3 is 0 Å². The lowest BCUT2D eigenvalue weighted by atomic mass is 10.2. The average Bonchev–Trinajstić information content (AvgIpc) is 2.48. The van der Waals surface area contributed by atoms with Crippen LogP contribution in [-0.4, -0.2) is 86.4 Å². The van der Waals surface area contributed by atoms with Gasteiger partial charge in [0, 0.05) is 39.8 Å². The molecule has 8 heteroatoms. The summed E-state index contributed by atoms with van der Waals surface area (Å²) in [6.45, 7) is 3.51. The molecule has 3 amide bonds. The van der Waals surface area contributed by atoms with E-state index in [4.69, 9.17) is 0 Å². The Labute approximate surface area is 117 Å². The van der Waals surface area contributed by atoms with Crippen molar-refractivity contribution < 1.29 is 14.4 Å². The van der Waals surface area contributed by atoms with E-state index in [1.807, 2.05) is 4.90 Å². The van der Waals surface area contributed by atoms with Crippen LogP contribution in [0.4, 0.5) is 0 Å².